The van der Waals surface area contributed by atoms with Crippen molar-refractivity contribution in [1.29, 1.82) is 0 Å². The first-order valence-electron chi connectivity index (χ1n) is 9.98. The predicted molar refractivity (Wildman–Crippen MR) is 118 cm³/mol. The van der Waals surface area contributed by atoms with E-state index in [4.69, 9.17) is 5.73 Å². The molecule has 3 aromatic rings. The van der Waals surface area contributed by atoms with Crippen molar-refractivity contribution in [2.75, 3.05) is 36.8 Å². The van der Waals surface area contributed by atoms with Gasteiger partial charge >= 0.3 is 6.18 Å². The number of anilines is 2. The molecule has 10 heteroatoms. The molecule has 2 aromatic heterocycles. The maximum absolute atomic E-state index is 13.1. The normalized spacial score (nSPS) is 14.8. The smallest absolute Gasteiger partial charge is 0.397 e. The number of benzene rings is 1. The number of hydrogen-bond acceptors (Lipinski definition) is 6. The van der Waals surface area contributed by atoms with Crippen LogP contribution in [0.4, 0.5) is 24.5 Å². The summed E-state index contributed by atoms with van der Waals surface area (Å²) in [6, 6.07) is 8.26. The first-order chi connectivity index (χ1) is 15.1. The van der Waals surface area contributed by atoms with Crippen LogP contribution in [0, 0.1) is 6.92 Å². The van der Waals surface area contributed by atoms with Gasteiger partial charge in [0.05, 0.1) is 5.69 Å². The van der Waals surface area contributed by atoms with Crippen molar-refractivity contribution in [3.8, 4) is 0 Å². The monoisotopic (exact) mass is 462 g/mol. The molecule has 0 radical (unpaired) electrons. The lowest BCUT2D eigenvalue weighted by atomic mass is 10.1. The zero-order valence-electron chi connectivity index (χ0n) is 17.5. The third-order valence-electron chi connectivity index (χ3n) is 5.59. The number of pyridine rings is 1. The number of nitrogens with zero attached hydrogens (tertiary/aromatic N) is 3. The van der Waals surface area contributed by atoms with Crippen LogP contribution in [0.1, 0.15) is 38.2 Å². The Balaban J connectivity index is 1.52. The van der Waals surface area contributed by atoms with Crippen molar-refractivity contribution < 1.29 is 22.8 Å². The van der Waals surface area contributed by atoms with Gasteiger partial charge in [0.15, 0.2) is 5.78 Å². The number of piperazine rings is 1. The molecule has 0 bridgehead atoms. The van der Waals surface area contributed by atoms with Gasteiger partial charge in [-0.2, -0.15) is 13.2 Å². The van der Waals surface area contributed by atoms with Crippen molar-refractivity contribution in [3.63, 3.8) is 0 Å². The molecule has 2 N–H and O–H groups in total. The molecule has 1 aromatic carbocycles. The minimum atomic E-state index is -4.57. The van der Waals surface area contributed by atoms with Crippen LogP contribution in [-0.2, 0) is 6.18 Å². The Hall–Kier alpha value is -3.14. The summed E-state index contributed by atoms with van der Waals surface area (Å²) >= 11 is 0.899. The van der Waals surface area contributed by atoms with Gasteiger partial charge in [-0.1, -0.05) is 0 Å². The van der Waals surface area contributed by atoms with E-state index in [9.17, 15) is 22.8 Å². The molecule has 32 heavy (non-hydrogen) atoms. The fraction of sp³-hybridized carbons (Fsp3) is 0.318. The first-order valence-corrected chi connectivity index (χ1v) is 10.8. The Morgan fingerprint density at radius 2 is 1.72 bits per heavy atom. The highest BCUT2D eigenvalue weighted by atomic mass is 32.1. The van der Waals surface area contributed by atoms with Crippen molar-refractivity contribution in [2.24, 2.45) is 0 Å². The van der Waals surface area contributed by atoms with Crippen LogP contribution in [0.2, 0.25) is 0 Å². The molecule has 6 nitrogen and oxygen atoms in total. The van der Waals surface area contributed by atoms with Gasteiger partial charge in [-0.05, 0) is 49.7 Å². The van der Waals surface area contributed by atoms with E-state index < -0.39 is 11.9 Å². The summed E-state index contributed by atoms with van der Waals surface area (Å²) in [4.78, 5) is 32.3. The van der Waals surface area contributed by atoms with Gasteiger partial charge in [0.2, 0.25) is 0 Å². The number of aromatic nitrogens is 1. The van der Waals surface area contributed by atoms with Crippen LogP contribution >= 0.6 is 11.3 Å². The molecule has 1 amide bonds. The van der Waals surface area contributed by atoms with Crippen LogP contribution in [-0.4, -0.2) is 47.8 Å². The molecule has 168 valence electrons. The lowest BCUT2D eigenvalue weighted by Crippen LogP contribution is -2.48. The number of hydrogen-bond donors (Lipinski definition) is 1. The van der Waals surface area contributed by atoms with E-state index in [0.29, 0.717) is 42.7 Å². The van der Waals surface area contributed by atoms with Crippen molar-refractivity contribution in [1.82, 2.24) is 9.88 Å². The Morgan fingerprint density at radius 1 is 1.09 bits per heavy atom. The molecule has 1 aliphatic heterocycles. The second-order valence-corrected chi connectivity index (χ2v) is 8.73. The number of halogens is 3. The van der Waals surface area contributed by atoms with Gasteiger partial charge in [-0.25, -0.2) is 4.98 Å². The van der Waals surface area contributed by atoms with E-state index in [1.54, 1.807) is 17.0 Å². The van der Waals surface area contributed by atoms with Crippen LogP contribution < -0.4 is 10.6 Å². The van der Waals surface area contributed by atoms with Gasteiger partial charge in [0.1, 0.15) is 15.4 Å². The number of carbonyl (C=O) groups is 2. The highest BCUT2D eigenvalue weighted by molar-refractivity contribution is 7.21. The number of alkyl halides is 3. The summed E-state index contributed by atoms with van der Waals surface area (Å²) in [5.41, 5.74) is 7.29. The van der Waals surface area contributed by atoms with Crippen LogP contribution in [0.5, 0.6) is 0 Å². The highest BCUT2D eigenvalue weighted by Gasteiger charge is 2.34. The average molecular weight is 462 g/mol. The maximum atomic E-state index is 13.1. The summed E-state index contributed by atoms with van der Waals surface area (Å²) in [5.74, 6) is -0.301. The maximum Gasteiger partial charge on any atom is 0.433 e. The van der Waals surface area contributed by atoms with Gasteiger partial charge in [0.25, 0.3) is 5.91 Å². The SMILES string of the molecule is CC(=O)c1ccc(N2CCN(C(=O)c3sc4nc(C(F)(F)F)cc(C)c4c3N)CC2)cc1. The zero-order chi connectivity index (χ0) is 23.2. The average Bonchev–Trinajstić information content (AvgIpc) is 3.09. The van der Waals surface area contributed by atoms with E-state index in [1.807, 2.05) is 12.1 Å². The minimum Gasteiger partial charge on any atom is -0.397 e. The number of rotatable bonds is 3. The lowest BCUT2D eigenvalue weighted by molar-refractivity contribution is -0.141. The molecule has 0 unspecified atom stereocenters. The van der Waals surface area contributed by atoms with E-state index in [1.165, 1.54) is 13.8 Å². The third-order valence-corrected chi connectivity index (χ3v) is 6.67. The summed E-state index contributed by atoms with van der Waals surface area (Å²) in [6.07, 6.45) is -4.57. The third kappa shape index (κ3) is 4.02. The van der Waals surface area contributed by atoms with Crippen molar-refractivity contribution in [2.45, 2.75) is 20.0 Å². The number of ketones is 1. The Kier molecular flexibility index (Phi) is 5.58. The van der Waals surface area contributed by atoms with Crippen molar-refractivity contribution in [3.05, 3.63) is 52.0 Å². The number of carbonyl (C=O) groups excluding carboxylic acids is 2. The predicted octanol–water partition coefficient (Wildman–Crippen LogP) is 4.37. The molecule has 0 aliphatic carbocycles. The molecule has 1 aliphatic rings. The molecule has 1 saturated heterocycles. The van der Waals surface area contributed by atoms with E-state index in [2.05, 4.69) is 9.88 Å². The Bertz CT molecular complexity index is 1200. The van der Waals surface area contributed by atoms with Gasteiger partial charge in [-0.15, -0.1) is 11.3 Å². The molecule has 1 fully saturated rings. The van der Waals surface area contributed by atoms with Crippen LogP contribution in [0.15, 0.2) is 30.3 Å². The fourth-order valence-corrected chi connectivity index (χ4v) is 4.97. The molecule has 3 heterocycles. The fourth-order valence-electron chi connectivity index (χ4n) is 3.83. The molecular weight excluding hydrogens is 441 g/mol. The van der Waals surface area contributed by atoms with Gasteiger partial charge in [0, 0.05) is 42.8 Å². The second kappa shape index (κ2) is 8.09. The largest absolute Gasteiger partial charge is 0.433 e. The second-order valence-electron chi connectivity index (χ2n) is 7.73. The van der Waals surface area contributed by atoms with Gasteiger partial charge < -0.3 is 15.5 Å². The Labute approximate surface area is 186 Å². The summed E-state index contributed by atoms with van der Waals surface area (Å²) in [7, 11) is 0. The number of fused-ring (bicyclic) bond motifs is 1. The zero-order valence-corrected chi connectivity index (χ0v) is 18.3. The number of Topliss-reactive ketones (excluding diaryl/α,β-unsaturated/α-hetero) is 1. The Morgan fingerprint density at radius 3 is 2.28 bits per heavy atom. The molecule has 0 atom stereocenters. The number of nitrogen functional groups attached to an aromatic ring is 1. The molecule has 0 saturated carbocycles. The van der Waals surface area contributed by atoms with Crippen LogP contribution in [0.25, 0.3) is 10.2 Å². The molecule has 0 spiro atoms. The quantitative estimate of drug-likeness (QED) is 0.585. The van der Waals surface area contributed by atoms with Crippen molar-refractivity contribution >= 4 is 44.6 Å². The molecular formula is C22H21F3N4O2S. The minimum absolute atomic E-state index is 0.0000274. The standard InChI is InChI=1S/C22H21F3N4O2S/c1-12-11-16(22(23,24)25)27-20-17(12)18(26)19(32-20)21(31)29-9-7-28(8-10-29)15-5-3-14(4-6-15)13(2)30/h3-6,11H,7-10,26H2,1-2H3. The molecule has 4 rings (SSSR count). The highest BCUT2D eigenvalue weighted by Crippen LogP contribution is 2.38. The number of aryl methyl sites for hydroxylation is 1. The van der Waals surface area contributed by atoms with Crippen LogP contribution in [0.3, 0.4) is 0 Å². The first kappa shape index (κ1) is 22.1. The number of amides is 1. The summed E-state index contributed by atoms with van der Waals surface area (Å²) in [6.45, 7) is 5.12. The summed E-state index contributed by atoms with van der Waals surface area (Å²) in [5, 5.41) is 0.399. The lowest BCUT2D eigenvalue weighted by Gasteiger charge is -2.36. The van der Waals surface area contributed by atoms with E-state index >= 15 is 0 Å². The number of nitrogens with two attached hydrogens (primary N) is 1. The van der Waals surface area contributed by atoms with E-state index in [0.717, 1.165) is 23.1 Å². The topological polar surface area (TPSA) is 79.5 Å². The number of thiophene rings is 1. The van der Waals surface area contributed by atoms with Gasteiger partial charge in [-0.3, -0.25) is 9.59 Å². The summed E-state index contributed by atoms with van der Waals surface area (Å²) < 4.78 is 39.3. The van der Waals surface area contributed by atoms with E-state index in [-0.39, 0.29) is 27.1 Å².